The van der Waals surface area contributed by atoms with Crippen LogP contribution in [-0.4, -0.2) is 19.8 Å². The van der Waals surface area contributed by atoms with Crippen LogP contribution < -0.4 is 0 Å². The van der Waals surface area contributed by atoms with E-state index in [9.17, 15) is 5.11 Å². The Kier molecular flexibility index (Phi) is 7.85. The van der Waals surface area contributed by atoms with E-state index in [4.69, 9.17) is 4.74 Å². The molecule has 9 heavy (non-hydrogen) atoms. The average molecular weight is 130 g/mol. The zero-order valence-corrected chi connectivity index (χ0v) is 5.77. The molecule has 0 N–H and O–H groups in total. The Labute approximate surface area is 56.8 Å². The van der Waals surface area contributed by atoms with Crippen molar-refractivity contribution in [3.63, 3.8) is 0 Å². The van der Waals surface area contributed by atoms with Crippen LogP contribution in [0.25, 0.3) is 0 Å². The summed E-state index contributed by atoms with van der Waals surface area (Å²) in [7, 11) is 0. The van der Waals surface area contributed by atoms with Gasteiger partial charge < -0.3 is 4.74 Å². The van der Waals surface area contributed by atoms with Crippen molar-refractivity contribution in [2.24, 2.45) is 0 Å². The first-order valence-electron chi connectivity index (χ1n) is 3.37. The van der Waals surface area contributed by atoms with E-state index in [2.05, 4.69) is 6.92 Å². The van der Waals surface area contributed by atoms with Crippen LogP contribution in [0.5, 0.6) is 0 Å². The summed E-state index contributed by atoms with van der Waals surface area (Å²) in [5.74, 6) is 0. The maximum atomic E-state index is 9.83. The number of ether oxygens (including phenoxy) is 1. The molecule has 0 spiro atoms. The summed E-state index contributed by atoms with van der Waals surface area (Å²) >= 11 is 0. The van der Waals surface area contributed by atoms with Crippen molar-refractivity contribution in [2.75, 3.05) is 19.8 Å². The highest BCUT2D eigenvalue weighted by Gasteiger charge is 1.85. The fraction of sp³-hybridized carbons (Fsp3) is 0.857. The third-order valence-corrected chi connectivity index (χ3v) is 1.02. The highest BCUT2D eigenvalue weighted by Crippen LogP contribution is 1.92. The standard InChI is InChI=1S/C7H14O2/c1-2-3-4-6-9-7-5-8/h1-7H2. The van der Waals surface area contributed by atoms with Crippen molar-refractivity contribution in [2.45, 2.75) is 19.3 Å². The average Bonchev–Trinajstić information content (AvgIpc) is 1.89. The molecule has 2 nitrogen and oxygen atoms in total. The van der Waals surface area contributed by atoms with Crippen LogP contribution in [0.4, 0.5) is 0 Å². The summed E-state index contributed by atoms with van der Waals surface area (Å²) in [5.41, 5.74) is 0. The second-order valence-electron chi connectivity index (χ2n) is 1.88. The number of hydrogen-bond acceptors (Lipinski definition) is 1. The smallest absolute Gasteiger partial charge is 0.106 e. The minimum Gasteiger partial charge on any atom is -0.379 e. The van der Waals surface area contributed by atoms with Crippen molar-refractivity contribution in [3.8, 4) is 0 Å². The first-order chi connectivity index (χ1) is 4.41. The molecular weight excluding hydrogens is 116 g/mol. The lowest BCUT2D eigenvalue weighted by Crippen LogP contribution is -1.99. The van der Waals surface area contributed by atoms with Crippen molar-refractivity contribution >= 4 is 0 Å². The quantitative estimate of drug-likeness (QED) is 0.500. The highest BCUT2D eigenvalue weighted by molar-refractivity contribution is 4.41. The minimum absolute atomic E-state index is 0.121. The van der Waals surface area contributed by atoms with Gasteiger partial charge in [0.25, 0.3) is 0 Å². The van der Waals surface area contributed by atoms with Gasteiger partial charge in [0.15, 0.2) is 0 Å². The van der Waals surface area contributed by atoms with Gasteiger partial charge in [-0.1, -0.05) is 19.8 Å². The van der Waals surface area contributed by atoms with Crippen molar-refractivity contribution < 1.29 is 9.84 Å². The molecule has 0 amide bonds. The molecule has 0 heterocycles. The molecule has 54 valence electrons. The molecule has 0 saturated carbocycles. The molecule has 0 atom stereocenters. The van der Waals surface area contributed by atoms with Crippen LogP contribution in [-0.2, 0) is 9.84 Å². The van der Waals surface area contributed by atoms with Crippen molar-refractivity contribution in [1.82, 2.24) is 0 Å². The molecule has 0 rings (SSSR count). The lowest BCUT2D eigenvalue weighted by Gasteiger charge is -1.98. The third-order valence-electron chi connectivity index (χ3n) is 1.02. The predicted molar refractivity (Wildman–Crippen MR) is 35.6 cm³/mol. The fourth-order valence-corrected chi connectivity index (χ4v) is 0.542. The molecule has 0 aromatic carbocycles. The Bertz CT molecular complexity index is 40.2. The Morgan fingerprint density at radius 1 is 1.22 bits per heavy atom. The second kappa shape index (κ2) is 7.92. The molecule has 0 aliphatic heterocycles. The molecule has 0 bridgehead atoms. The zero-order chi connectivity index (χ0) is 6.95. The van der Waals surface area contributed by atoms with Crippen LogP contribution >= 0.6 is 0 Å². The van der Waals surface area contributed by atoms with Crippen LogP contribution in [0.1, 0.15) is 19.3 Å². The molecular formula is C7H14O2. The summed E-state index contributed by atoms with van der Waals surface area (Å²) in [6.07, 6.45) is 3.09. The van der Waals surface area contributed by atoms with Crippen LogP contribution in [0, 0.1) is 6.92 Å². The van der Waals surface area contributed by atoms with Gasteiger partial charge in [0.05, 0.1) is 6.61 Å². The predicted octanol–water partition coefficient (Wildman–Crippen LogP) is 1.44. The summed E-state index contributed by atoms with van der Waals surface area (Å²) in [4.78, 5) is 0. The zero-order valence-electron chi connectivity index (χ0n) is 5.77. The lowest BCUT2D eigenvalue weighted by molar-refractivity contribution is 0.0621. The van der Waals surface area contributed by atoms with Crippen LogP contribution in [0.3, 0.4) is 0 Å². The summed E-state index contributed by atoms with van der Waals surface area (Å²) in [6, 6.07) is 0. The molecule has 0 aromatic heterocycles. The largest absolute Gasteiger partial charge is 0.379 e. The van der Waals surface area contributed by atoms with Gasteiger partial charge in [-0.15, -0.1) is 0 Å². The van der Waals surface area contributed by atoms with Gasteiger partial charge in [-0.3, -0.25) is 0 Å². The molecule has 0 unspecified atom stereocenters. The molecule has 0 aromatic rings. The third kappa shape index (κ3) is 7.92. The summed E-state index contributed by atoms with van der Waals surface area (Å²) in [6.45, 7) is 4.64. The molecule has 0 aliphatic rings. The minimum atomic E-state index is -0.121. The van der Waals surface area contributed by atoms with Crippen molar-refractivity contribution in [1.29, 1.82) is 0 Å². The van der Waals surface area contributed by atoms with Gasteiger partial charge in [-0.25, -0.2) is 5.11 Å². The number of hydrogen-bond donors (Lipinski definition) is 0. The van der Waals surface area contributed by atoms with Gasteiger partial charge in [0.2, 0.25) is 0 Å². The Morgan fingerprint density at radius 3 is 2.56 bits per heavy atom. The van der Waals surface area contributed by atoms with E-state index in [1.54, 1.807) is 0 Å². The van der Waals surface area contributed by atoms with Crippen molar-refractivity contribution in [3.05, 3.63) is 6.92 Å². The van der Waals surface area contributed by atoms with E-state index in [1.807, 2.05) is 0 Å². The normalized spacial score (nSPS) is 10.0. The van der Waals surface area contributed by atoms with E-state index >= 15 is 0 Å². The van der Waals surface area contributed by atoms with E-state index < -0.39 is 0 Å². The second-order valence-corrected chi connectivity index (χ2v) is 1.88. The van der Waals surface area contributed by atoms with E-state index in [0.717, 1.165) is 25.9 Å². The van der Waals surface area contributed by atoms with Gasteiger partial charge in [-0.2, -0.15) is 0 Å². The van der Waals surface area contributed by atoms with E-state index in [0.29, 0.717) is 6.61 Å². The van der Waals surface area contributed by atoms with Gasteiger partial charge in [-0.05, 0) is 6.42 Å². The Hall–Kier alpha value is -0.0800. The van der Waals surface area contributed by atoms with Gasteiger partial charge in [0.1, 0.15) is 6.61 Å². The molecule has 2 radical (unpaired) electrons. The molecule has 0 saturated heterocycles. The maximum absolute atomic E-state index is 9.83. The monoisotopic (exact) mass is 130 g/mol. The Morgan fingerprint density at radius 2 is 2.00 bits per heavy atom. The maximum Gasteiger partial charge on any atom is 0.106 e. The highest BCUT2D eigenvalue weighted by atomic mass is 16.5. The summed E-state index contributed by atoms with van der Waals surface area (Å²) < 4.78 is 4.94. The molecule has 2 heteroatoms. The number of unbranched alkanes of at least 4 members (excludes halogenated alkanes) is 2. The first-order valence-corrected chi connectivity index (χ1v) is 3.37. The molecule has 0 fully saturated rings. The first kappa shape index (κ1) is 8.92. The van der Waals surface area contributed by atoms with Gasteiger partial charge in [0, 0.05) is 6.61 Å². The van der Waals surface area contributed by atoms with E-state index in [-0.39, 0.29) is 6.61 Å². The van der Waals surface area contributed by atoms with E-state index in [1.165, 1.54) is 0 Å². The fourth-order valence-electron chi connectivity index (χ4n) is 0.542. The topological polar surface area (TPSA) is 29.1 Å². The SMILES string of the molecule is [CH2]CCCCOCC[O]. The number of rotatable bonds is 6. The lowest BCUT2D eigenvalue weighted by atomic mass is 10.3. The Balaban J connectivity index is 2.60. The molecule has 0 aliphatic carbocycles. The van der Waals surface area contributed by atoms with Crippen LogP contribution in [0.2, 0.25) is 0 Å². The van der Waals surface area contributed by atoms with Crippen LogP contribution in [0.15, 0.2) is 0 Å². The summed E-state index contributed by atoms with van der Waals surface area (Å²) in [5, 5.41) is 9.83. The van der Waals surface area contributed by atoms with Gasteiger partial charge >= 0.3 is 0 Å².